The number of carbonyl (C=O) groups is 2. The first kappa shape index (κ1) is 18.4. The molecule has 0 aliphatic rings. The predicted octanol–water partition coefficient (Wildman–Crippen LogP) is 3.23. The van der Waals surface area contributed by atoms with Gasteiger partial charge in [0.15, 0.2) is 17.5 Å². The molecule has 0 aliphatic heterocycles. The Hall–Kier alpha value is -2.90. The summed E-state index contributed by atoms with van der Waals surface area (Å²) in [5.41, 5.74) is -0.615. The standard InChI is InChI=1S/C17H16F3N3O2/c1-3-23(4-2)17(25)13-7-5-6-12(21-13)16(24)22-11-9-8-10(18)14(19)15(11)20/h5-9H,3-4H2,1-2H3,(H,22,24). The fourth-order valence-electron chi connectivity index (χ4n) is 2.16. The third-order valence-corrected chi connectivity index (χ3v) is 3.53. The molecule has 0 aliphatic carbocycles. The van der Waals surface area contributed by atoms with Crippen LogP contribution >= 0.6 is 0 Å². The van der Waals surface area contributed by atoms with Crippen LogP contribution < -0.4 is 5.32 Å². The molecule has 1 N–H and O–H groups in total. The van der Waals surface area contributed by atoms with Gasteiger partial charge in [-0.2, -0.15) is 0 Å². The molecule has 1 aromatic carbocycles. The van der Waals surface area contributed by atoms with Gasteiger partial charge in [-0.15, -0.1) is 0 Å². The lowest BCUT2D eigenvalue weighted by atomic mass is 10.2. The van der Waals surface area contributed by atoms with Crippen LogP contribution in [-0.2, 0) is 0 Å². The van der Waals surface area contributed by atoms with E-state index in [-0.39, 0.29) is 17.3 Å². The second kappa shape index (κ2) is 7.78. The largest absolute Gasteiger partial charge is 0.338 e. The highest BCUT2D eigenvalue weighted by Gasteiger charge is 2.19. The van der Waals surface area contributed by atoms with Crippen LogP contribution in [0.3, 0.4) is 0 Å². The first-order chi connectivity index (χ1) is 11.9. The first-order valence-corrected chi connectivity index (χ1v) is 7.60. The molecule has 25 heavy (non-hydrogen) atoms. The zero-order valence-electron chi connectivity index (χ0n) is 13.6. The van der Waals surface area contributed by atoms with Gasteiger partial charge in [-0.3, -0.25) is 9.59 Å². The van der Waals surface area contributed by atoms with Gasteiger partial charge in [0.2, 0.25) is 0 Å². The molecule has 0 saturated heterocycles. The van der Waals surface area contributed by atoms with Gasteiger partial charge in [0, 0.05) is 13.1 Å². The van der Waals surface area contributed by atoms with E-state index in [4.69, 9.17) is 0 Å². The molecule has 0 bridgehead atoms. The number of anilines is 1. The van der Waals surface area contributed by atoms with Crippen molar-refractivity contribution < 1.29 is 22.8 Å². The topological polar surface area (TPSA) is 62.3 Å². The Kier molecular flexibility index (Phi) is 5.74. The average molecular weight is 351 g/mol. The van der Waals surface area contributed by atoms with Crippen molar-refractivity contribution in [3.05, 3.63) is 59.2 Å². The number of nitrogens with zero attached hydrogens (tertiary/aromatic N) is 2. The predicted molar refractivity (Wildman–Crippen MR) is 85.8 cm³/mol. The smallest absolute Gasteiger partial charge is 0.274 e. The molecule has 2 rings (SSSR count). The summed E-state index contributed by atoms with van der Waals surface area (Å²) in [4.78, 5) is 29.9. The van der Waals surface area contributed by atoms with Gasteiger partial charge in [0.1, 0.15) is 11.4 Å². The Labute approximate surface area is 142 Å². The van der Waals surface area contributed by atoms with Gasteiger partial charge in [0.05, 0.1) is 5.69 Å². The summed E-state index contributed by atoms with van der Waals surface area (Å²) in [5.74, 6) is -5.75. The van der Waals surface area contributed by atoms with Gasteiger partial charge in [-0.1, -0.05) is 6.07 Å². The molecule has 2 amide bonds. The van der Waals surface area contributed by atoms with Crippen LogP contribution in [0.15, 0.2) is 30.3 Å². The summed E-state index contributed by atoms with van der Waals surface area (Å²) in [7, 11) is 0. The molecule has 0 radical (unpaired) electrons. The molecular weight excluding hydrogens is 335 g/mol. The zero-order chi connectivity index (χ0) is 18.6. The van der Waals surface area contributed by atoms with Gasteiger partial charge in [0.25, 0.3) is 11.8 Å². The van der Waals surface area contributed by atoms with Crippen molar-refractivity contribution >= 4 is 17.5 Å². The van der Waals surface area contributed by atoms with Crippen LogP contribution in [0.5, 0.6) is 0 Å². The summed E-state index contributed by atoms with van der Waals surface area (Å²) < 4.78 is 39.8. The SMILES string of the molecule is CCN(CC)C(=O)c1cccc(C(=O)Nc2ccc(F)c(F)c2F)n1. The van der Waals surface area contributed by atoms with Crippen molar-refractivity contribution in [2.75, 3.05) is 18.4 Å². The molecule has 1 heterocycles. The summed E-state index contributed by atoms with van der Waals surface area (Å²) in [5, 5.41) is 2.11. The lowest BCUT2D eigenvalue weighted by Crippen LogP contribution is -2.31. The van der Waals surface area contributed by atoms with Gasteiger partial charge < -0.3 is 10.2 Å². The minimum Gasteiger partial charge on any atom is -0.338 e. The molecule has 0 fully saturated rings. The number of nitrogens with one attached hydrogen (secondary N) is 1. The van der Waals surface area contributed by atoms with E-state index < -0.39 is 29.0 Å². The highest BCUT2D eigenvalue weighted by atomic mass is 19.2. The van der Waals surface area contributed by atoms with E-state index in [2.05, 4.69) is 10.3 Å². The monoisotopic (exact) mass is 351 g/mol. The van der Waals surface area contributed by atoms with Crippen LogP contribution in [0.2, 0.25) is 0 Å². The number of hydrogen-bond donors (Lipinski definition) is 1. The first-order valence-electron chi connectivity index (χ1n) is 7.60. The molecule has 2 aromatic rings. The number of carbonyl (C=O) groups excluding carboxylic acids is 2. The minimum absolute atomic E-state index is 0.0575. The van der Waals surface area contributed by atoms with Crippen molar-refractivity contribution in [2.24, 2.45) is 0 Å². The molecule has 5 nitrogen and oxygen atoms in total. The molecule has 132 valence electrons. The normalized spacial score (nSPS) is 10.4. The number of hydrogen-bond acceptors (Lipinski definition) is 3. The van der Waals surface area contributed by atoms with E-state index in [1.54, 1.807) is 0 Å². The van der Waals surface area contributed by atoms with Crippen molar-refractivity contribution in [1.82, 2.24) is 9.88 Å². The lowest BCUT2D eigenvalue weighted by molar-refractivity contribution is 0.0767. The second-order valence-corrected chi connectivity index (χ2v) is 5.06. The van der Waals surface area contributed by atoms with Crippen LogP contribution in [0, 0.1) is 17.5 Å². The summed E-state index contributed by atoms with van der Waals surface area (Å²) in [6, 6.07) is 5.83. The number of pyridine rings is 1. The van der Waals surface area contributed by atoms with Crippen LogP contribution in [0.4, 0.5) is 18.9 Å². The van der Waals surface area contributed by atoms with Crippen LogP contribution in [0.1, 0.15) is 34.8 Å². The highest BCUT2D eigenvalue weighted by Crippen LogP contribution is 2.20. The summed E-state index contributed by atoms with van der Waals surface area (Å²) in [6.45, 7) is 4.58. The van der Waals surface area contributed by atoms with Crippen molar-refractivity contribution in [3.8, 4) is 0 Å². The Morgan fingerprint density at radius 3 is 2.28 bits per heavy atom. The Balaban J connectivity index is 2.25. The Morgan fingerprint density at radius 1 is 1.00 bits per heavy atom. The molecule has 0 spiro atoms. The number of aromatic nitrogens is 1. The van der Waals surface area contributed by atoms with Crippen LogP contribution in [0.25, 0.3) is 0 Å². The number of benzene rings is 1. The average Bonchev–Trinajstić information content (AvgIpc) is 2.63. The fourth-order valence-corrected chi connectivity index (χ4v) is 2.16. The van der Waals surface area contributed by atoms with Crippen molar-refractivity contribution in [3.63, 3.8) is 0 Å². The number of halogens is 3. The molecule has 1 aromatic heterocycles. The summed E-state index contributed by atoms with van der Waals surface area (Å²) in [6.07, 6.45) is 0. The molecule has 8 heteroatoms. The maximum atomic E-state index is 13.6. The van der Waals surface area contributed by atoms with E-state index in [0.717, 1.165) is 6.07 Å². The second-order valence-electron chi connectivity index (χ2n) is 5.06. The molecule has 0 atom stereocenters. The lowest BCUT2D eigenvalue weighted by Gasteiger charge is -2.18. The zero-order valence-corrected chi connectivity index (χ0v) is 13.6. The van der Waals surface area contributed by atoms with Gasteiger partial charge in [-0.25, -0.2) is 18.2 Å². The van der Waals surface area contributed by atoms with Gasteiger partial charge in [-0.05, 0) is 38.1 Å². The summed E-state index contributed by atoms with van der Waals surface area (Å²) >= 11 is 0. The van der Waals surface area contributed by atoms with Crippen molar-refractivity contribution in [2.45, 2.75) is 13.8 Å². The number of amides is 2. The maximum Gasteiger partial charge on any atom is 0.274 e. The van der Waals surface area contributed by atoms with E-state index >= 15 is 0 Å². The number of rotatable bonds is 5. The van der Waals surface area contributed by atoms with E-state index in [1.807, 2.05) is 13.8 Å². The van der Waals surface area contributed by atoms with Crippen LogP contribution in [-0.4, -0.2) is 34.8 Å². The van der Waals surface area contributed by atoms with E-state index in [9.17, 15) is 22.8 Å². The van der Waals surface area contributed by atoms with E-state index in [1.165, 1.54) is 23.1 Å². The molecular formula is C17H16F3N3O2. The Morgan fingerprint density at radius 2 is 1.64 bits per heavy atom. The quantitative estimate of drug-likeness (QED) is 0.842. The fraction of sp³-hybridized carbons (Fsp3) is 0.235. The minimum atomic E-state index is -1.68. The van der Waals surface area contributed by atoms with Crippen molar-refractivity contribution in [1.29, 1.82) is 0 Å². The third kappa shape index (κ3) is 3.96. The highest BCUT2D eigenvalue weighted by molar-refractivity contribution is 6.03. The van der Waals surface area contributed by atoms with E-state index in [0.29, 0.717) is 19.2 Å². The Bertz CT molecular complexity index is 808. The molecule has 0 unspecified atom stereocenters. The molecule has 0 saturated carbocycles. The maximum absolute atomic E-state index is 13.6. The third-order valence-electron chi connectivity index (χ3n) is 3.53. The van der Waals surface area contributed by atoms with Gasteiger partial charge >= 0.3 is 0 Å².